The number of carbonyl (C=O) groups is 1. The van der Waals surface area contributed by atoms with Crippen LogP contribution in [0.5, 0.6) is 0 Å². The van der Waals surface area contributed by atoms with E-state index in [4.69, 9.17) is 4.74 Å². The van der Waals surface area contributed by atoms with Crippen molar-refractivity contribution in [2.24, 2.45) is 46.3 Å². The van der Waals surface area contributed by atoms with Crippen molar-refractivity contribution < 1.29 is 9.53 Å². The van der Waals surface area contributed by atoms with Gasteiger partial charge in [-0.05, 0) is 97.7 Å². The molecule has 31 heavy (non-hydrogen) atoms. The molecule has 0 saturated heterocycles. The Labute approximate surface area is 191 Å². The minimum absolute atomic E-state index is 0.108. The topological polar surface area (TPSA) is 26.3 Å². The third-order valence-electron chi connectivity index (χ3n) is 10.1. The lowest BCUT2D eigenvalue weighted by Gasteiger charge is -2.58. The SMILES string of the molecule is CC(=O)O[C@@H]1CC[C@@]2(C)C(=CC[C@H]3[C@@H]4CC[C@H]([C@H](C)/C=C\CC(C)C)[C@@]4(C)CC[C@@H]32)C1. The van der Waals surface area contributed by atoms with Gasteiger partial charge in [-0.25, -0.2) is 0 Å². The molecular formula is C29H46O2. The number of fused-ring (bicyclic) bond motifs is 5. The Kier molecular flexibility index (Phi) is 6.50. The number of hydrogen-bond donors (Lipinski definition) is 0. The predicted octanol–water partition coefficient (Wildman–Crippen LogP) is 7.74. The molecule has 3 fully saturated rings. The number of ether oxygens (including phenoxy) is 1. The van der Waals surface area contributed by atoms with E-state index in [1.807, 2.05) is 0 Å². The molecule has 0 N–H and O–H groups in total. The van der Waals surface area contributed by atoms with Gasteiger partial charge in [-0.15, -0.1) is 0 Å². The standard InChI is InChI=1S/C29H46O2/c1-19(2)8-7-9-20(3)25-12-13-26-24-11-10-22-18-23(31-21(4)30)14-16-28(22,5)27(24)15-17-29(25,26)6/h7,9-10,19-20,23-27H,8,11-18H2,1-6H3/b9-7-/t20-,23-,24+,25-,26+,27+,28+,29-/m1/s1. The Morgan fingerprint density at radius 1 is 1.13 bits per heavy atom. The summed E-state index contributed by atoms with van der Waals surface area (Å²) < 4.78 is 5.61. The number of rotatable bonds is 5. The van der Waals surface area contributed by atoms with E-state index in [1.54, 1.807) is 12.5 Å². The highest BCUT2D eigenvalue weighted by Crippen LogP contribution is 2.67. The summed E-state index contributed by atoms with van der Waals surface area (Å²) in [5.41, 5.74) is 2.45. The van der Waals surface area contributed by atoms with Crippen molar-refractivity contribution in [3.8, 4) is 0 Å². The van der Waals surface area contributed by atoms with Crippen molar-refractivity contribution in [1.29, 1.82) is 0 Å². The second-order valence-corrected chi connectivity index (χ2v) is 12.4. The molecule has 174 valence electrons. The molecule has 4 aliphatic carbocycles. The Bertz CT molecular complexity index is 733. The molecule has 0 aliphatic heterocycles. The molecule has 4 rings (SSSR count). The van der Waals surface area contributed by atoms with Gasteiger partial charge in [0.1, 0.15) is 6.10 Å². The lowest BCUT2D eigenvalue weighted by atomic mass is 9.47. The lowest BCUT2D eigenvalue weighted by Crippen LogP contribution is -2.51. The minimum Gasteiger partial charge on any atom is -0.462 e. The van der Waals surface area contributed by atoms with Crippen LogP contribution in [0.3, 0.4) is 0 Å². The van der Waals surface area contributed by atoms with Crippen LogP contribution in [0.2, 0.25) is 0 Å². The third kappa shape index (κ3) is 4.18. The quantitative estimate of drug-likeness (QED) is 0.332. The first-order chi connectivity index (χ1) is 14.6. The van der Waals surface area contributed by atoms with E-state index in [-0.39, 0.29) is 12.1 Å². The molecule has 0 spiro atoms. The molecule has 0 aromatic rings. The van der Waals surface area contributed by atoms with Crippen molar-refractivity contribution in [2.75, 3.05) is 0 Å². The Hall–Kier alpha value is -1.05. The van der Waals surface area contributed by atoms with Crippen LogP contribution in [0.25, 0.3) is 0 Å². The second-order valence-electron chi connectivity index (χ2n) is 12.4. The van der Waals surface area contributed by atoms with Crippen molar-refractivity contribution in [3.05, 3.63) is 23.8 Å². The van der Waals surface area contributed by atoms with Gasteiger partial charge < -0.3 is 4.74 Å². The molecule has 0 heterocycles. The zero-order valence-electron chi connectivity index (χ0n) is 21.0. The van der Waals surface area contributed by atoms with Crippen LogP contribution < -0.4 is 0 Å². The fraction of sp³-hybridized carbons (Fsp3) is 0.828. The summed E-state index contributed by atoms with van der Waals surface area (Å²) in [6.07, 6.45) is 19.0. The van der Waals surface area contributed by atoms with Crippen LogP contribution in [-0.4, -0.2) is 12.1 Å². The Balaban J connectivity index is 1.50. The smallest absolute Gasteiger partial charge is 0.302 e. The normalized spacial score (nSPS) is 43.2. The summed E-state index contributed by atoms with van der Waals surface area (Å²) in [5, 5.41) is 0. The van der Waals surface area contributed by atoms with E-state index in [2.05, 4.69) is 52.8 Å². The van der Waals surface area contributed by atoms with E-state index in [0.717, 1.165) is 42.4 Å². The van der Waals surface area contributed by atoms with E-state index in [1.165, 1.54) is 44.9 Å². The average Bonchev–Trinajstić information content (AvgIpc) is 3.05. The second kappa shape index (κ2) is 8.71. The third-order valence-corrected chi connectivity index (χ3v) is 10.1. The van der Waals surface area contributed by atoms with Gasteiger partial charge in [0.25, 0.3) is 0 Å². The Morgan fingerprint density at radius 2 is 1.90 bits per heavy atom. The summed E-state index contributed by atoms with van der Waals surface area (Å²) in [5.74, 6) is 4.76. The Morgan fingerprint density at radius 3 is 2.61 bits per heavy atom. The molecular weight excluding hydrogens is 380 g/mol. The van der Waals surface area contributed by atoms with E-state index >= 15 is 0 Å². The fourth-order valence-electron chi connectivity index (χ4n) is 8.57. The monoisotopic (exact) mass is 426 g/mol. The van der Waals surface area contributed by atoms with E-state index in [9.17, 15) is 4.79 Å². The largest absolute Gasteiger partial charge is 0.462 e. The number of allylic oxidation sites excluding steroid dienone is 3. The maximum Gasteiger partial charge on any atom is 0.302 e. The van der Waals surface area contributed by atoms with Gasteiger partial charge in [0.2, 0.25) is 0 Å². The van der Waals surface area contributed by atoms with Crippen LogP contribution >= 0.6 is 0 Å². The number of esters is 1. The highest BCUT2D eigenvalue weighted by atomic mass is 16.5. The van der Waals surface area contributed by atoms with Gasteiger partial charge >= 0.3 is 5.97 Å². The number of hydrogen-bond acceptors (Lipinski definition) is 2. The summed E-state index contributed by atoms with van der Waals surface area (Å²) in [6, 6.07) is 0. The molecule has 0 aromatic heterocycles. The number of carbonyl (C=O) groups excluding carboxylic acids is 1. The van der Waals surface area contributed by atoms with Crippen molar-refractivity contribution in [3.63, 3.8) is 0 Å². The van der Waals surface area contributed by atoms with Crippen LogP contribution in [0.4, 0.5) is 0 Å². The molecule has 3 saturated carbocycles. The van der Waals surface area contributed by atoms with Crippen LogP contribution in [0, 0.1) is 46.3 Å². The maximum atomic E-state index is 11.5. The predicted molar refractivity (Wildman–Crippen MR) is 129 cm³/mol. The average molecular weight is 427 g/mol. The van der Waals surface area contributed by atoms with Gasteiger partial charge in [-0.1, -0.05) is 58.4 Å². The van der Waals surface area contributed by atoms with Gasteiger partial charge in [0.05, 0.1) is 0 Å². The van der Waals surface area contributed by atoms with E-state index < -0.39 is 0 Å². The van der Waals surface area contributed by atoms with Crippen molar-refractivity contribution in [1.82, 2.24) is 0 Å². The first-order valence-electron chi connectivity index (χ1n) is 13.2. The minimum atomic E-state index is -0.120. The summed E-state index contributed by atoms with van der Waals surface area (Å²) in [4.78, 5) is 11.5. The highest BCUT2D eigenvalue weighted by molar-refractivity contribution is 5.66. The molecule has 2 nitrogen and oxygen atoms in total. The molecule has 2 heteroatoms. The lowest BCUT2D eigenvalue weighted by molar-refractivity contribution is -0.148. The maximum absolute atomic E-state index is 11.5. The fourth-order valence-corrected chi connectivity index (χ4v) is 8.57. The van der Waals surface area contributed by atoms with Gasteiger partial charge in [-0.3, -0.25) is 4.79 Å². The first kappa shape index (κ1) is 23.1. The molecule has 0 amide bonds. The zero-order valence-corrected chi connectivity index (χ0v) is 21.0. The first-order valence-corrected chi connectivity index (χ1v) is 13.2. The summed E-state index contributed by atoms with van der Waals surface area (Å²) >= 11 is 0. The molecule has 0 radical (unpaired) electrons. The molecule has 0 unspecified atom stereocenters. The van der Waals surface area contributed by atoms with E-state index in [0.29, 0.717) is 16.7 Å². The van der Waals surface area contributed by atoms with Crippen molar-refractivity contribution >= 4 is 5.97 Å². The van der Waals surface area contributed by atoms with Crippen LogP contribution in [-0.2, 0) is 9.53 Å². The van der Waals surface area contributed by atoms with Gasteiger partial charge in [0.15, 0.2) is 0 Å². The summed E-state index contributed by atoms with van der Waals surface area (Å²) in [7, 11) is 0. The molecule has 8 atom stereocenters. The van der Waals surface area contributed by atoms with Crippen molar-refractivity contribution in [2.45, 2.75) is 105 Å². The summed E-state index contributed by atoms with van der Waals surface area (Å²) in [6.45, 7) is 13.9. The van der Waals surface area contributed by atoms with Crippen LogP contribution in [0.15, 0.2) is 23.8 Å². The van der Waals surface area contributed by atoms with Gasteiger partial charge in [-0.2, -0.15) is 0 Å². The van der Waals surface area contributed by atoms with Gasteiger partial charge in [0, 0.05) is 13.3 Å². The molecule has 4 aliphatic rings. The zero-order chi connectivity index (χ0) is 22.4. The van der Waals surface area contributed by atoms with Crippen LogP contribution in [0.1, 0.15) is 99.3 Å². The highest BCUT2D eigenvalue weighted by Gasteiger charge is 2.59. The molecule has 0 bridgehead atoms. The molecule has 0 aromatic carbocycles.